The molecule has 0 radical (unpaired) electrons. The quantitative estimate of drug-likeness (QED) is 0.512. The van der Waals surface area contributed by atoms with E-state index >= 15 is 0 Å². The number of thiazole rings is 1. The maximum atomic E-state index is 13.8. The van der Waals surface area contributed by atoms with Crippen molar-refractivity contribution in [3.63, 3.8) is 0 Å². The van der Waals surface area contributed by atoms with Crippen LogP contribution >= 0.6 is 11.3 Å². The molecular weight excluding hydrogens is 394 g/mol. The summed E-state index contributed by atoms with van der Waals surface area (Å²) in [7, 11) is 1.85. The van der Waals surface area contributed by atoms with E-state index in [0.717, 1.165) is 38.8 Å². The van der Waals surface area contributed by atoms with E-state index < -0.39 is 23.1 Å². The van der Waals surface area contributed by atoms with Crippen LogP contribution in [0.3, 0.4) is 0 Å². The van der Waals surface area contributed by atoms with E-state index in [2.05, 4.69) is 10.4 Å². The molecular formula is C21H16F2N4OS. The number of hydrogen-bond acceptors (Lipinski definition) is 4. The topological polar surface area (TPSA) is 59.8 Å². The SMILES string of the molecule is Cc1sc(-c2cnn(C)c2)nc1-c1ccc(NC(=O)c2c(F)cccc2F)cc1. The van der Waals surface area contributed by atoms with Crippen LogP contribution in [-0.4, -0.2) is 20.7 Å². The minimum absolute atomic E-state index is 0.432. The van der Waals surface area contributed by atoms with Crippen LogP contribution in [0.5, 0.6) is 0 Å². The fraction of sp³-hybridized carbons (Fsp3) is 0.0952. The van der Waals surface area contributed by atoms with Gasteiger partial charge in [0.1, 0.15) is 22.2 Å². The molecule has 4 aromatic rings. The molecule has 5 nitrogen and oxygen atoms in total. The number of aromatic nitrogens is 3. The Morgan fingerprint density at radius 1 is 1.07 bits per heavy atom. The number of hydrogen-bond donors (Lipinski definition) is 1. The maximum Gasteiger partial charge on any atom is 0.261 e. The van der Waals surface area contributed by atoms with E-state index in [0.29, 0.717) is 5.69 Å². The Balaban J connectivity index is 1.56. The average molecular weight is 410 g/mol. The molecule has 0 atom stereocenters. The van der Waals surface area contributed by atoms with Crippen LogP contribution in [-0.2, 0) is 7.05 Å². The number of nitrogens with zero attached hydrogens (tertiary/aromatic N) is 3. The number of carbonyl (C=O) groups is 1. The minimum atomic E-state index is -0.903. The van der Waals surface area contributed by atoms with Crippen molar-refractivity contribution in [2.75, 3.05) is 5.32 Å². The third-order valence-corrected chi connectivity index (χ3v) is 5.37. The summed E-state index contributed by atoms with van der Waals surface area (Å²) in [6, 6.07) is 10.3. The number of nitrogens with one attached hydrogen (secondary N) is 1. The lowest BCUT2D eigenvalue weighted by atomic mass is 10.1. The van der Waals surface area contributed by atoms with Crippen molar-refractivity contribution in [2.24, 2.45) is 7.05 Å². The first-order chi connectivity index (χ1) is 13.9. The smallest absolute Gasteiger partial charge is 0.261 e. The molecule has 0 aliphatic heterocycles. The number of rotatable bonds is 4. The lowest BCUT2D eigenvalue weighted by Gasteiger charge is -2.08. The van der Waals surface area contributed by atoms with Crippen LogP contribution < -0.4 is 5.32 Å². The molecule has 146 valence electrons. The predicted molar refractivity (Wildman–Crippen MR) is 109 cm³/mol. The number of benzene rings is 2. The molecule has 2 aromatic heterocycles. The fourth-order valence-corrected chi connectivity index (χ4v) is 3.85. The highest BCUT2D eigenvalue weighted by molar-refractivity contribution is 7.15. The van der Waals surface area contributed by atoms with Crippen molar-refractivity contribution >= 4 is 22.9 Å². The normalized spacial score (nSPS) is 10.9. The molecule has 8 heteroatoms. The van der Waals surface area contributed by atoms with Gasteiger partial charge in [0.25, 0.3) is 5.91 Å². The zero-order chi connectivity index (χ0) is 20.5. The highest BCUT2D eigenvalue weighted by Crippen LogP contribution is 2.33. The summed E-state index contributed by atoms with van der Waals surface area (Å²) in [5, 5.41) is 7.56. The summed E-state index contributed by atoms with van der Waals surface area (Å²) < 4.78 is 29.3. The van der Waals surface area contributed by atoms with Gasteiger partial charge < -0.3 is 5.32 Å². The van der Waals surface area contributed by atoms with Gasteiger partial charge in [0, 0.05) is 34.9 Å². The lowest BCUT2D eigenvalue weighted by Crippen LogP contribution is -2.15. The first kappa shape index (κ1) is 18.9. The second-order valence-electron chi connectivity index (χ2n) is 6.45. The van der Waals surface area contributed by atoms with Crippen LogP contribution in [0.2, 0.25) is 0 Å². The molecule has 0 unspecified atom stereocenters. The van der Waals surface area contributed by atoms with Gasteiger partial charge in [-0.05, 0) is 31.2 Å². The molecule has 0 bridgehead atoms. The molecule has 1 amide bonds. The molecule has 0 aliphatic rings. The molecule has 1 N–H and O–H groups in total. The van der Waals surface area contributed by atoms with Gasteiger partial charge in [0.05, 0.1) is 11.9 Å². The summed E-state index contributed by atoms with van der Waals surface area (Å²) in [4.78, 5) is 18.0. The summed E-state index contributed by atoms with van der Waals surface area (Å²) in [6.07, 6.45) is 3.67. The molecule has 29 heavy (non-hydrogen) atoms. The van der Waals surface area contributed by atoms with Crippen LogP contribution in [0.4, 0.5) is 14.5 Å². The second kappa shape index (κ2) is 7.56. The molecule has 0 aliphatic carbocycles. The average Bonchev–Trinajstić information content (AvgIpc) is 3.28. The number of carbonyl (C=O) groups excluding carboxylic acids is 1. The monoisotopic (exact) mass is 410 g/mol. The van der Waals surface area contributed by atoms with E-state index in [1.54, 1.807) is 34.3 Å². The first-order valence-corrected chi connectivity index (χ1v) is 9.56. The predicted octanol–water partition coefficient (Wildman–Crippen LogP) is 5.05. The van der Waals surface area contributed by atoms with Crippen molar-refractivity contribution < 1.29 is 13.6 Å². The highest BCUT2D eigenvalue weighted by atomic mass is 32.1. The number of halogens is 2. The van der Waals surface area contributed by atoms with E-state index in [1.165, 1.54) is 6.07 Å². The highest BCUT2D eigenvalue weighted by Gasteiger charge is 2.17. The third-order valence-electron chi connectivity index (χ3n) is 4.35. The van der Waals surface area contributed by atoms with E-state index in [4.69, 9.17) is 4.98 Å². The Labute approximate surface area is 169 Å². The van der Waals surface area contributed by atoms with Crippen LogP contribution in [0, 0.1) is 18.6 Å². The van der Waals surface area contributed by atoms with Crippen LogP contribution in [0.25, 0.3) is 21.8 Å². The first-order valence-electron chi connectivity index (χ1n) is 8.74. The summed E-state index contributed by atoms with van der Waals surface area (Å²) in [6.45, 7) is 1.99. The van der Waals surface area contributed by atoms with Crippen LogP contribution in [0.15, 0.2) is 54.9 Å². The minimum Gasteiger partial charge on any atom is -0.322 e. The Hall–Kier alpha value is -3.39. The standard InChI is InChI=1S/C21H16F2N4OS/c1-12-19(26-21(29-12)14-10-24-27(2)11-14)13-6-8-15(9-7-13)25-20(28)18-16(22)4-3-5-17(18)23/h3-11H,1-2H3,(H,25,28). The molecule has 0 fully saturated rings. The van der Waals surface area contributed by atoms with Gasteiger partial charge in [0.15, 0.2) is 0 Å². The number of aryl methyl sites for hydroxylation is 2. The Kier molecular flexibility index (Phi) is 4.94. The second-order valence-corrected chi connectivity index (χ2v) is 7.66. The summed E-state index contributed by atoms with van der Waals surface area (Å²) in [5.41, 5.74) is 2.49. The van der Waals surface area contributed by atoms with Gasteiger partial charge in [-0.2, -0.15) is 5.10 Å². The zero-order valence-electron chi connectivity index (χ0n) is 15.6. The Morgan fingerprint density at radius 3 is 2.38 bits per heavy atom. The van der Waals surface area contributed by atoms with Gasteiger partial charge in [-0.1, -0.05) is 18.2 Å². The van der Waals surface area contributed by atoms with Crippen molar-refractivity contribution in [1.29, 1.82) is 0 Å². The lowest BCUT2D eigenvalue weighted by molar-refractivity contribution is 0.101. The van der Waals surface area contributed by atoms with Gasteiger partial charge in [-0.3, -0.25) is 9.48 Å². The summed E-state index contributed by atoms with van der Waals surface area (Å²) >= 11 is 1.57. The molecule has 2 aromatic carbocycles. The van der Waals surface area contributed by atoms with E-state index in [1.807, 2.05) is 32.3 Å². The Morgan fingerprint density at radius 2 is 1.76 bits per heavy atom. The van der Waals surface area contributed by atoms with Gasteiger partial charge in [-0.15, -0.1) is 11.3 Å². The number of amides is 1. The van der Waals surface area contributed by atoms with Crippen LogP contribution in [0.1, 0.15) is 15.2 Å². The summed E-state index contributed by atoms with van der Waals surface area (Å²) in [5.74, 6) is -2.64. The Bertz CT molecular complexity index is 1180. The molecule has 2 heterocycles. The van der Waals surface area contributed by atoms with Gasteiger partial charge in [0.2, 0.25) is 0 Å². The molecule has 0 spiro atoms. The van der Waals surface area contributed by atoms with Crippen molar-refractivity contribution in [3.05, 3.63) is 76.9 Å². The van der Waals surface area contributed by atoms with Crippen molar-refractivity contribution in [2.45, 2.75) is 6.92 Å². The van der Waals surface area contributed by atoms with Gasteiger partial charge in [-0.25, -0.2) is 13.8 Å². The fourth-order valence-electron chi connectivity index (χ4n) is 2.94. The number of anilines is 1. The molecule has 0 saturated carbocycles. The van der Waals surface area contributed by atoms with E-state index in [-0.39, 0.29) is 0 Å². The maximum absolute atomic E-state index is 13.8. The van der Waals surface area contributed by atoms with Gasteiger partial charge >= 0.3 is 0 Å². The third kappa shape index (κ3) is 3.79. The van der Waals surface area contributed by atoms with Crippen molar-refractivity contribution in [1.82, 2.24) is 14.8 Å². The van der Waals surface area contributed by atoms with Crippen molar-refractivity contribution in [3.8, 4) is 21.8 Å². The molecule has 0 saturated heterocycles. The van der Waals surface area contributed by atoms with E-state index in [9.17, 15) is 13.6 Å². The zero-order valence-corrected chi connectivity index (χ0v) is 16.4. The largest absolute Gasteiger partial charge is 0.322 e. The molecule has 4 rings (SSSR count).